The number of hydrogen-bond donors (Lipinski definition) is 2. The Hall–Kier alpha value is -3.34. The summed E-state index contributed by atoms with van der Waals surface area (Å²) in [5, 5.41) is 9.76. The molecule has 7 nitrogen and oxygen atoms in total. The normalized spacial score (nSPS) is 23.1. The molecular weight excluding hydrogens is 424 g/mol. The Balaban J connectivity index is 1.38. The standard InChI is InChI=1S/C27H34N6O/c1-32-15-17-33(18-16-32)22-11-9-21(10-12-22)31-27(30)25(19-28)26(29)20-7-13-24(14-8-20)34-23-5-3-2-4-6-23/h2-8,13-14,21-22H,9-12,15-18,29H2,1H3,(H2,30,31). The van der Waals surface area contributed by atoms with Gasteiger partial charge in [0.1, 0.15) is 29.0 Å². The van der Waals surface area contributed by atoms with Crippen LogP contribution in [-0.2, 0) is 0 Å². The Morgan fingerprint density at radius 3 is 2.15 bits per heavy atom. The van der Waals surface area contributed by atoms with Gasteiger partial charge in [-0.3, -0.25) is 9.89 Å². The van der Waals surface area contributed by atoms with Crippen LogP contribution in [-0.4, -0.2) is 60.9 Å². The molecular formula is C27H34N6O. The number of amidine groups is 1. The van der Waals surface area contributed by atoms with Crippen LogP contribution in [0.1, 0.15) is 31.2 Å². The van der Waals surface area contributed by atoms with Crippen molar-refractivity contribution in [3.63, 3.8) is 0 Å². The molecule has 1 heterocycles. The van der Waals surface area contributed by atoms with Crippen LogP contribution >= 0.6 is 0 Å². The highest BCUT2D eigenvalue weighted by Crippen LogP contribution is 2.27. The molecule has 2 aliphatic rings. The Bertz CT molecular complexity index is 1040. The molecule has 0 radical (unpaired) electrons. The minimum Gasteiger partial charge on any atom is -0.457 e. The SMILES string of the molecule is CN1CCN(C2CCC(N=C(N)C(C#N)=C(N)c3ccc(Oc4ccccc4)cc3)CC2)CC1. The summed E-state index contributed by atoms with van der Waals surface area (Å²) in [6.07, 6.45) is 4.22. The molecule has 4 rings (SSSR count). The van der Waals surface area contributed by atoms with E-state index in [-0.39, 0.29) is 17.5 Å². The predicted molar refractivity (Wildman–Crippen MR) is 136 cm³/mol. The third-order valence-electron chi connectivity index (χ3n) is 6.82. The summed E-state index contributed by atoms with van der Waals surface area (Å²) in [4.78, 5) is 9.71. The predicted octanol–water partition coefficient (Wildman–Crippen LogP) is 3.59. The Kier molecular flexibility index (Phi) is 7.84. The van der Waals surface area contributed by atoms with Crippen molar-refractivity contribution in [3.8, 4) is 17.6 Å². The molecule has 0 amide bonds. The number of likely N-dealkylation sites (N-methyl/N-ethyl adjacent to an activating group) is 1. The third-order valence-corrected chi connectivity index (χ3v) is 6.82. The Morgan fingerprint density at radius 1 is 0.912 bits per heavy atom. The molecule has 7 heteroatoms. The highest BCUT2D eigenvalue weighted by molar-refractivity contribution is 6.07. The van der Waals surface area contributed by atoms with Crippen LogP contribution in [0.25, 0.3) is 5.70 Å². The molecule has 0 spiro atoms. The highest BCUT2D eigenvalue weighted by Gasteiger charge is 2.27. The number of nitrogens with zero attached hydrogens (tertiary/aromatic N) is 4. The fraction of sp³-hybridized carbons (Fsp3) is 0.407. The van der Waals surface area contributed by atoms with Gasteiger partial charge in [0.25, 0.3) is 0 Å². The topological polar surface area (TPSA) is 104 Å². The van der Waals surface area contributed by atoms with Crippen molar-refractivity contribution in [1.82, 2.24) is 9.80 Å². The van der Waals surface area contributed by atoms with Gasteiger partial charge in [0, 0.05) is 32.2 Å². The van der Waals surface area contributed by atoms with Crippen LogP contribution in [0.15, 0.2) is 65.2 Å². The van der Waals surface area contributed by atoms with E-state index in [1.807, 2.05) is 54.6 Å². The van der Waals surface area contributed by atoms with E-state index in [2.05, 4.69) is 22.9 Å². The average molecular weight is 459 g/mol. The monoisotopic (exact) mass is 458 g/mol. The van der Waals surface area contributed by atoms with E-state index < -0.39 is 0 Å². The van der Waals surface area contributed by atoms with Crippen LogP contribution in [0.2, 0.25) is 0 Å². The first-order valence-corrected chi connectivity index (χ1v) is 12.0. The van der Waals surface area contributed by atoms with Gasteiger partial charge in [-0.2, -0.15) is 5.26 Å². The van der Waals surface area contributed by atoms with Crippen molar-refractivity contribution in [2.24, 2.45) is 16.5 Å². The Labute approximate surface area is 202 Å². The van der Waals surface area contributed by atoms with E-state index in [0.717, 1.165) is 57.6 Å². The first-order valence-electron chi connectivity index (χ1n) is 12.0. The van der Waals surface area contributed by atoms with Gasteiger partial charge >= 0.3 is 0 Å². The lowest BCUT2D eigenvalue weighted by Crippen LogP contribution is -2.50. The lowest BCUT2D eigenvalue weighted by molar-refractivity contribution is 0.0884. The Morgan fingerprint density at radius 2 is 1.53 bits per heavy atom. The summed E-state index contributed by atoms with van der Waals surface area (Å²) in [5.74, 6) is 1.68. The van der Waals surface area contributed by atoms with Crippen LogP contribution in [0, 0.1) is 11.3 Å². The van der Waals surface area contributed by atoms with Crippen LogP contribution in [0.3, 0.4) is 0 Å². The lowest BCUT2D eigenvalue weighted by Gasteiger charge is -2.40. The first-order chi connectivity index (χ1) is 16.5. The summed E-state index contributed by atoms with van der Waals surface area (Å²) in [6.45, 7) is 4.56. The summed E-state index contributed by atoms with van der Waals surface area (Å²) in [7, 11) is 2.19. The molecule has 2 aromatic carbocycles. The average Bonchev–Trinajstić information content (AvgIpc) is 2.86. The summed E-state index contributed by atoms with van der Waals surface area (Å²) in [5.41, 5.74) is 13.9. The maximum atomic E-state index is 9.76. The largest absolute Gasteiger partial charge is 0.457 e. The van der Waals surface area contributed by atoms with Crippen molar-refractivity contribution in [3.05, 3.63) is 65.7 Å². The van der Waals surface area contributed by atoms with Gasteiger partial charge in [-0.25, -0.2) is 0 Å². The van der Waals surface area contributed by atoms with Crippen molar-refractivity contribution in [2.75, 3.05) is 33.2 Å². The lowest BCUT2D eigenvalue weighted by atomic mass is 9.90. The van der Waals surface area contributed by atoms with Gasteiger partial charge < -0.3 is 21.1 Å². The van der Waals surface area contributed by atoms with E-state index in [1.54, 1.807) is 0 Å². The number of para-hydroxylation sites is 1. The maximum Gasteiger partial charge on any atom is 0.138 e. The van der Waals surface area contributed by atoms with Crippen molar-refractivity contribution in [2.45, 2.75) is 37.8 Å². The molecule has 1 saturated carbocycles. The van der Waals surface area contributed by atoms with Gasteiger partial charge in [-0.15, -0.1) is 0 Å². The van der Waals surface area contributed by atoms with Crippen LogP contribution in [0.4, 0.5) is 0 Å². The number of hydrogen-bond acceptors (Lipinski definition) is 6. The minimum absolute atomic E-state index is 0.140. The van der Waals surface area contributed by atoms with Crippen molar-refractivity contribution >= 4 is 11.5 Å². The highest BCUT2D eigenvalue weighted by atomic mass is 16.5. The first kappa shape index (κ1) is 23.8. The van der Waals surface area contributed by atoms with Gasteiger partial charge in [-0.1, -0.05) is 18.2 Å². The van der Waals surface area contributed by atoms with Crippen molar-refractivity contribution in [1.29, 1.82) is 5.26 Å². The molecule has 4 N–H and O–H groups in total. The molecule has 2 aromatic rings. The molecule has 1 aliphatic heterocycles. The fourth-order valence-electron chi connectivity index (χ4n) is 4.73. The third kappa shape index (κ3) is 5.96. The van der Waals surface area contributed by atoms with E-state index in [4.69, 9.17) is 21.2 Å². The smallest absolute Gasteiger partial charge is 0.138 e. The summed E-state index contributed by atoms with van der Waals surface area (Å²) >= 11 is 0. The number of ether oxygens (including phenoxy) is 1. The second-order valence-electron chi connectivity index (χ2n) is 9.16. The summed E-state index contributed by atoms with van der Waals surface area (Å²) < 4.78 is 5.83. The van der Waals surface area contributed by atoms with Crippen LogP contribution < -0.4 is 16.2 Å². The zero-order chi connectivity index (χ0) is 23.9. The van der Waals surface area contributed by atoms with E-state index in [1.165, 1.54) is 0 Å². The molecule has 34 heavy (non-hydrogen) atoms. The van der Waals surface area contributed by atoms with Crippen molar-refractivity contribution < 1.29 is 4.74 Å². The number of nitriles is 1. The molecule has 2 fully saturated rings. The van der Waals surface area contributed by atoms with E-state index in [9.17, 15) is 5.26 Å². The second-order valence-corrected chi connectivity index (χ2v) is 9.16. The number of piperazine rings is 1. The molecule has 178 valence electrons. The number of benzene rings is 2. The maximum absolute atomic E-state index is 9.76. The number of nitrogens with two attached hydrogens (primary N) is 2. The molecule has 0 aromatic heterocycles. The molecule has 1 saturated heterocycles. The summed E-state index contributed by atoms with van der Waals surface area (Å²) in [6, 6.07) is 19.8. The van der Waals surface area contributed by atoms with Gasteiger partial charge in [0.05, 0.1) is 11.7 Å². The van der Waals surface area contributed by atoms with Gasteiger partial charge in [0.15, 0.2) is 0 Å². The van der Waals surface area contributed by atoms with Gasteiger partial charge in [-0.05, 0) is 74.7 Å². The fourth-order valence-corrected chi connectivity index (χ4v) is 4.73. The van der Waals surface area contributed by atoms with Crippen LogP contribution in [0.5, 0.6) is 11.5 Å². The second kappa shape index (κ2) is 11.2. The van der Waals surface area contributed by atoms with E-state index in [0.29, 0.717) is 23.1 Å². The zero-order valence-corrected chi connectivity index (χ0v) is 19.9. The van der Waals surface area contributed by atoms with E-state index >= 15 is 0 Å². The quantitative estimate of drug-likeness (QED) is 0.389. The molecule has 0 atom stereocenters. The minimum atomic E-state index is 0.140. The number of aliphatic imine (C=N–C) groups is 1. The molecule has 1 aliphatic carbocycles. The number of rotatable bonds is 6. The molecule has 0 bridgehead atoms. The zero-order valence-electron chi connectivity index (χ0n) is 19.9. The molecule has 0 unspecified atom stereocenters. The van der Waals surface area contributed by atoms with Gasteiger partial charge in [0.2, 0.25) is 0 Å².